The van der Waals surface area contributed by atoms with Crippen molar-refractivity contribution in [3.8, 4) is 11.1 Å². The van der Waals surface area contributed by atoms with E-state index in [1.54, 1.807) is 0 Å². The Hall–Kier alpha value is -4.12. The predicted octanol–water partition coefficient (Wildman–Crippen LogP) is 9.60. The molecule has 264 valence electrons. The molecule has 4 aliphatic rings. The molecular formula is C47H54N2O2. The van der Waals surface area contributed by atoms with Crippen LogP contribution in [0.2, 0.25) is 0 Å². The summed E-state index contributed by atoms with van der Waals surface area (Å²) < 4.78 is 11.9. The predicted molar refractivity (Wildman–Crippen MR) is 213 cm³/mol. The third kappa shape index (κ3) is 5.85. The van der Waals surface area contributed by atoms with Crippen LogP contribution in [0.25, 0.3) is 11.1 Å². The normalized spacial score (nSPS) is 18.0. The van der Waals surface area contributed by atoms with Gasteiger partial charge in [-0.15, -0.1) is 0 Å². The molecule has 4 heteroatoms. The van der Waals surface area contributed by atoms with Crippen LogP contribution in [0, 0.1) is 5.92 Å². The van der Waals surface area contributed by atoms with Gasteiger partial charge in [-0.3, -0.25) is 0 Å². The molecule has 0 N–H and O–H groups in total. The van der Waals surface area contributed by atoms with Crippen LogP contribution >= 0.6 is 0 Å². The Morgan fingerprint density at radius 3 is 1.63 bits per heavy atom. The largest absolute Gasteiger partial charge is 0.378 e. The smallest absolute Gasteiger partial charge is 0.0642 e. The van der Waals surface area contributed by atoms with E-state index >= 15 is 0 Å². The number of fused-ring (bicyclic) bond motifs is 3. The molecule has 0 spiro atoms. The van der Waals surface area contributed by atoms with Gasteiger partial charge in [0.1, 0.15) is 0 Å². The molecule has 0 saturated carbocycles. The second-order valence-electron chi connectivity index (χ2n) is 16.9. The quantitative estimate of drug-likeness (QED) is 0.167. The van der Waals surface area contributed by atoms with E-state index in [9.17, 15) is 0 Å². The number of nitrogens with zero attached hydrogens (tertiary/aromatic N) is 2. The van der Waals surface area contributed by atoms with Crippen molar-refractivity contribution >= 4 is 11.4 Å². The summed E-state index contributed by atoms with van der Waals surface area (Å²) in [6.07, 6.45) is 10.4. The first kappa shape index (κ1) is 34.0. The van der Waals surface area contributed by atoms with Gasteiger partial charge in [0.15, 0.2) is 0 Å². The van der Waals surface area contributed by atoms with Crippen molar-refractivity contribution in [2.45, 2.75) is 64.2 Å². The molecule has 0 bridgehead atoms. The third-order valence-corrected chi connectivity index (χ3v) is 11.8. The number of ether oxygens (including phenoxy) is 2. The van der Waals surface area contributed by atoms with Crippen molar-refractivity contribution in [1.82, 2.24) is 0 Å². The zero-order valence-electron chi connectivity index (χ0n) is 31.5. The Kier molecular flexibility index (Phi) is 8.75. The lowest BCUT2D eigenvalue weighted by molar-refractivity contribution is 0.122. The lowest BCUT2D eigenvalue weighted by atomic mass is 9.57. The number of allylic oxidation sites excluding steroid dienone is 4. The standard InChI is InChI=1S/C47H54N2O2/c1-45(2,3)35-19-20-36-33(31-35)32-38-37(36)21-22-41(46(4,5)6)44(38)47(34-13-7-8-14-34,39-15-9-11-17-42(39)48-23-27-50-28-24-48)40-16-10-12-18-43(40)49-25-29-51-30-26-49/h7-22,31,34H,23-30,32H2,1-6H3. The lowest BCUT2D eigenvalue weighted by Gasteiger charge is -2.48. The van der Waals surface area contributed by atoms with Crippen LogP contribution in [0.5, 0.6) is 0 Å². The minimum atomic E-state index is -0.532. The van der Waals surface area contributed by atoms with Crippen molar-refractivity contribution in [3.05, 3.63) is 142 Å². The van der Waals surface area contributed by atoms with E-state index in [0.29, 0.717) is 0 Å². The molecule has 51 heavy (non-hydrogen) atoms. The highest BCUT2D eigenvalue weighted by Crippen LogP contribution is 2.58. The summed E-state index contributed by atoms with van der Waals surface area (Å²) in [5.74, 6) is 0.100. The molecule has 0 unspecified atom stereocenters. The maximum Gasteiger partial charge on any atom is 0.0642 e. The number of hydrogen-bond acceptors (Lipinski definition) is 4. The minimum absolute atomic E-state index is 0.0839. The van der Waals surface area contributed by atoms with Gasteiger partial charge in [0, 0.05) is 43.5 Å². The highest BCUT2D eigenvalue weighted by molar-refractivity contribution is 5.83. The van der Waals surface area contributed by atoms with E-state index in [1.165, 1.54) is 61.4 Å². The molecule has 2 heterocycles. The summed E-state index contributed by atoms with van der Waals surface area (Å²) in [5.41, 5.74) is 14.8. The van der Waals surface area contributed by atoms with Crippen molar-refractivity contribution in [3.63, 3.8) is 0 Å². The molecule has 2 saturated heterocycles. The van der Waals surface area contributed by atoms with Gasteiger partial charge in [0.05, 0.1) is 31.8 Å². The van der Waals surface area contributed by atoms with Crippen molar-refractivity contribution in [2.75, 3.05) is 62.4 Å². The Labute approximate surface area is 305 Å². The Bertz CT molecular complexity index is 1900. The first-order valence-corrected chi connectivity index (χ1v) is 19.1. The maximum absolute atomic E-state index is 5.93. The minimum Gasteiger partial charge on any atom is -0.378 e. The Morgan fingerprint density at radius 1 is 0.569 bits per heavy atom. The monoisotopic (exact) mass is 678 g/mol. The van der Waals surface area contributed by atoms with Crippen LogP contribution in [0.1, 0.15) is 80.5 Å². The van der Waals surface area contributed by atoms with Crippen LogP contribution < -0.4 is 9.80 Å². The van der Waals surface area contributed by atoms with Gasteiger partial charge >= 0.3 is 0 Å². The second kappa shape index (κ2) is 13.1. The summed E-state index contributed by atoms with van der Waals surface area (Å²) in [4.78, 5) is 5.16. The Balaban J connectivity index is 1.51. The van der Waals surface area contributed by atoms with E-state index in [0.717, 1.165) is 59.0 Å². The first-order valence-electron chi connectivity index (χ1n) is 19.1. The van der Waals surface area contributed by atoms with E-state index < -0.39 is 5.41 Å². The fourth-order valence-electron chi connectivity index (χ4n) is 9.25. The number of benzene rings is 4. The van der Waals surface area contributed by atoms with Crippen LogP contribution in [0.3, 0.4) is 0 Å². The molecular weight excluding hydrogens is 625 g/mol. The SMILES string of the molecule is CC(C)(C)c1ccc2c(c1)Cc1c-2ccc(C(C)(C)C)c1C(c1ccccc1N1CCOCC1)(c1ccccc1N1CCOCC1)C1C=CC=C1. The Morgan fingerprint density at radius 2 is 1.10 bits per heavy atom. The topological polar surface area (TPSA) is 24.9 Å². The molecule has 8 rings (SSSR count). The second-order valence-corrected chi connectivity index (χ2v) is 16.9. The number of rotatable bonds is 6. The van der Waals surface area contributed by atoms with Gasteiger partial charge in [0.2, 0.25) is 0 Å². The van der Waals surface area contributed by atoms with Gasteiger partial charge in [0.25, 0.3) is 0 Å². The van der Waals surface area contributed by atoms with Crippen LogP contribution in [0.15, 0.2) is 103 Å². The van der Waals surface area contributed by atoms with Crippen molar-refractivity contribution in [2.24, 2.45) is 5.92 Å². The molecule has 0 amide bonds. The maximum atomic E-state index is 5.93. The summed E-state index contributed by atoms with van der Waals surface area (Å²) in [7, 11) is 0. The van der Waals surface area contributed by atoms with Gasteiger partial charge in [-0.2, -0.15) is 0 Å². The van der Waals surface area contributed by atoms with E-state index in [-0.39, 0.29) is 16.7 Å². The molecule has 4 aromatic carbocycles. The van der Waals surface area contributed by atoms with E-state index in [4.69, 9.17) is 9.47 Å². The highest BCUT2D eigenvalue weighted by atomic mass is 16.5. The fourth-order valence-corrected chi connectivity index (χ4v) is 9.25. The number of hydrogen-bond donors (Lipinski definition) is 0. The number of para-hydroxylation sites is 2. The third-order valence-electron chi connectivity index (χ3n) is 11.8. The zero-order chi connectivity index (χ0) is 35.4. The fraction of sp³-hybridized carbons (Fsp3) is 0.404. The summed E-state index contributed by atoms with van der Waals surface area (Å²) in [5, 5.41) is 0. The molecule has 2 fully saturated rings. The lowest BCUT2D eigenvalue weighted by Crippen LogP contribution is -2.45. The van der Waals surface area contributed by atoms with Crippen molar-refractivity contribution in [1.29, 1.82) is 0 Å². The summed E-state index contributed by atoms with van der Waals surface area (Å²) in [6.45, 7) is 20.7. The van der Waals surface area contributed by atoms with Gasteiger partial charge in [-0.1, -0.05) is 133 Å². The van der Waals surface area contributed by atoms with E-state index in [1.807, 2.05) is 0 Å². The molecule has 4 aromatic rings. The van der Waals surface area contributed by atoms with Gasteiger partial charge in [-0.05, 0) is 79.5 Å². The molecule has 0 atom stereocenters. The highest BCUT2D eigenvalue weighted by Gasteiger charge is 2.50. The molecule has 4 nitrogen and oxygen atoms in total. The average molecular weight is 679 g/mol. The summed E-state index contributed by atoms with van der Waals surface area (Å²) >= 11 is 0. The first-order chi connectivity index (χ1) is 24.6. The number of morpholine rings is 2. The van der Waals surface area contributed by atoms with Crippen LogP contribution in [-0.2, 0) is 32.1 Å². The molecule has 2 aliphatic carbocycles. The summed E-state index contributed by atoms with van der Waals surface area (Å²) in [6, 6.07) is 30.9. The van der Waals surface area contributed by atoms with Crippen LogP contribution in [0.4, 0.5) is 11.4 Å². The zero-order valence-corrected chi connectivity index (χ0v) is 31.5. The number of anilines is 2. The molecule has 0 aromatic heterocycles. The molecule has 0 radical (unpaired) electrons. The average Bonchev–Trinajstić information content (AvgIpc) is 3.81. The van der Waals surface area contributed by atoms with Gasteiger partial charge < -0.3 is 19.3 Å². The van der Waals surface area contributed by atoms with E-state index in [2.05, 4.69) is 155 Å². The van der Waals surface area contributed by atoms with Crippen LogP contribution in [-0.4, -0.2) is 52.6 Å². The van der Waals surface area contributed by atoms with Gasteiger partial charge in [-0.25, -0.2) is 0 Å². The molecule has 2 aliphatic heterocycles. The van der Waals surface area contributed by atoms with Crippen molar-refractivity contribution < 1.29 is 9.47 Å².